The number of carbonyl (C=O) groups excluding carboxylic acids is 1. The molecule has 3 rings (SSSR count). The summed E-state index contributed by atoms with van der Waals surface area (Å²) in [5.74, 6) is 0.230. The molecule has 0 saturated heterocycles. The van der Waals surface area contributed by atoms with E-state index in [0.717, 1.165) is 11.3 Å². The van der Waals surface area contributed by atoms with Gasteiger partial charge in [-0.05, 0) is 24.6 Å². The lowest BCUT2D eigenvalue weighted by molar-refractivity contribution is 0.0935. The number of aromatic hydroxyl groups is 1. The van der Waals surface area contributed by atoms with Crippen molar-refractivity contribution in [2.24, 2.45) is 0 Å². The van der Waals surface area contributed by atoms with Crippen LogP contribution in [0.4, 0.5) is 5.69 Å². The fraction of sp³-hybridized carbons (Fsp3) is 0.188. The minimum absolute atomic E-state index is 0.0230. The summed E-state index contributed by atoms with van der Waals surface area (Å²) in [4.78, 5) is 12.2. The smallest absolute Gasteiger partial charge is 0.255 e. The van der Waals surface area contributed by atoms with E-state index in [1.807, 2.05) is 19.1 Å². The van der Waals surface area contributed by atoms with Crippen LogP contribution in [0, 0.1) is 6.92 Å². The summed E-state index contributed by atoms with van der Waals surface area (Å²) < 4.78 is 5.11. The highest BCUT2D eigenvalue weighted by atomic mass is 16.5. The highest BCUT2D eigenvalue weighted by Crippen LogP contribution is 2.36. The summed E-state index contributed by atoms with van der Waals surface area (Å²) >= 11 is 0. The Morgan fingerprint density at radius 2 is 1.90 bits per heavy atom. The zero-order valence-corrected chi connectivity index (χ0v) is 11.8. The van der Waals surface area contributed by atoms with E-state index in [0.29, 0.717) is 16.9 Å². The van der Waals surface area contributed by atoms with Crippen molar-refractivity contribution in [3.63, 3.8) is 0 Å². The number of anilines is 1. The van der Waals surface area contributed by atoms with Crippen molar-refractivity contribution in [3.05, 3.63) is 53.1 Å². The van der Waals surface area contributed by atoms with Gasteiger partial charge in [0, 0.05) is 5.56 Å². The summed E-state index contributed by atoms with van der Waals surface area (Å²) in [6.45, 7) is 1.94. The molecule has 21 heavy (non-hydrogen) atoms. The van der Waals surface area contributed by atoms with Crippen LogP contribution in [0.2, 0.25) is 0 Å². The Morgan fingerprint density at radius 3 is 2.67 bits per heavy atom. The average molecular weight is 284 g/mol. The van der Waals surface area contributed by atoms with Crippen molar-refractivity contribution < 1.29 is 14.6 Å². The van der Waals surface area contributed by atoms with Gasteiger partial charge in [0.25, 0.3) is 5.91 Å². The number of rotatable bonds is 2. The number of methoxy groups -OCH3 is 1. The van der Waals surface area contributed by atoms with Crippen LogP contribution in [-0.2, 0) is 0 Å². The molecule has 5 heteroatoms. The Kier molecular flexibility index (Phi) is 3.17. The number of phenols is 1. The van der Waals surface area contributed by atoms with Crippen LogP contribution in [0.25, 0.3) is 0 Å². The molecule has 1 heterocycles. The Hall–Kier alpha value is -2.69. The van der Waals surface area contributed by atoms with Crippen LogP contribution < -0.4 is 15.4 Å². The number of hydrogen-bond acceptors (Lipinski definition) is 4. The maximum Gasteiger partial charge on any atom is 0.255 e. The minimum Gasteiger partial charge on any atom is -0.504 e. The number of amides is 1. The van der Waals surface area contributed by atoms with Gasteiger partial charge in [-0.1, -0.05) is 24.3 Å². The molecule has 0 aromatic heterocycles. The summed E-state index contributed by atoms with van der Waals surface area (Å²) in [5.41, 5.74) is 2.94. The lowest BCUT2D eigenvalue weighted by Crippen LogP contribution is -2.38. The van der Waals surface area contributed by atoms with E-state index in [-0.39, 0.29) is 11.7 Å². The molecule has 1 amide bonds. The second-order valence-corrected chi connectivity index (χ2v) is 4.95. The SMILES string of the molecule is COc1cccc(C2NC(=O)c3cccc(C)c3N2)c1O. The number of carbonyl (C=O) groups is 1. The third-order valence-electron chi connectivity index (χ3n) is 3.64. The highest BCUT2D eigenvalue weighted by Gasteiger charge is 2.27. The second kappa shape index (κ2) is 5.01. The van der Waals surface area contributed by atoms with Gasteiger partial charge in [0.1, 0.15) is 6.17 Å². The summed E-state index contributed by atoms with van der Waals surface area (Å²) in [7, 11) is 1.49. The zero-order valence-electron chi connectivity index (χ0n) is 11.8. The summed E-state index contributed by atoms with van der Waals surface area (Å²) in [5, 5.41) is 16.3. The van der Waals surface area contributed by atoms with Crippen LogP contribution in [0.15, 0.2) is 36.4 Å². The number of fused-ring (bicyclic) bond motifs is 1. The molecule has 0 aliphatic carbocycles. The lowest BCUT2D eigenvalue weighted by Gasteiger charge is -2.29. The Bertz CT molecular complexity index is 713. The summed E-state index contributed by atoms with van der Waals surface area (Å²) in [6.07, 6.45) is -0.499. The number of aryl methyl sites for hydroxylation is 1. The molecule has 1 aliphatic heterocycles. The molecular formula is C16H16N2O3. The second-order valence-electron chi connectivity index (χ2n) is 4.95. The van der Waals surface area contributed by atoms with Gasteiger partial charge in [-0.25, -0.2) is 0 Å². The van der Waals surface area contributed by atoms with Crippen LogP contribution in [0.1, 0.15) is 27.7 Å². The number of ether oxygens (including phenoxy) is 1. The molecule has 0 bridgehead atoms. The van der Waals surface area contributed by atoms with Gasteiger partial charge in [0.2, 0.25) is 0 Å². The first-order valence-electron chi connectivity index (χ1n) is 6.64. The van der Waals surface area contributed by atoms with E-state index >= 15 is 0 Å². The molecule has 3 N–H and O–H groups in total. The maximum absolute atomic E-state index is 12.2. The van der Waals surface area contributed by atoms with Gasteiger partial charge in [-0.15, -0.1) is 0 Å². The molecule has 108 valence electrons. The monoisotopic (exact) mass is 284 g/mol. The maximum atomic E-state index is 12.2. The molecule has 0 saturated carbocycles. The Balaban J connectivity index is 2.04. The van der Waals surface area contributed by atoms with Gasteiger partial charge in [-0.3, -0.25) is 4.79 Å². The van der Waals surface area contributed by atoms with E-state index in [1.54, 1.807) is 24.3 Å². The molecular weight excluding hydrogens is 268 g/mol. The van der Waals surface area contributed by atoms with Crippen molar-refractivity contribution in [1.29, 1.82) is 0 Å². The number of hydrogen-bond donors (Lipinski definition) is 3. The molecule has 2 aromatic carbocycles. The highest BCUT2D eigenvalue weighted by molar-refractivity contribution is 6.02. The first-order valence-corrected chi connectivity index (χ1v) is 6.64. The standard InChI is InChI=1S/C16H16N2O3/c1-9-5-3-6-10-13(9)17-15(18-16(10)20)11-7-4-8-12(21-2)14(11)19/h3-8,15,17,19H,1-2H3,(H,18,20). The normalized spacial score (nSPS) is 16.7. The molecule has 0 spiro atoms. The third-order valence-corrected chi connectivity index (χ3v) is 3.64. The fourth-order valence-corrected chi connectivity index (χ4v) is 2.53. The number of para-hydroxylation sites is 2. The molecule has 0 radical (unpaired) electrons. The quantitative estimate of drug-likeness (QED) is 0.792. The molecule has 5 nitrogen and oxygen atoms in total. The predicted octanol–water partition coefficient (Wildman–Crippen LogP) is 2.56. The number of benzene rings is 2. The van der Waals surface area contributed by atoms with E-state index in [2.05, 4.69) is 10.6 Å². The first kappa shape index (κ1) is 13.3. The predicted molar refractivity (Wildman–Crippen MR) is 79.7 cm³/mol. The zero-order chi connectivity index (χ0) is 15.0. The van der Waals surface area contributed by atoms with Gasteiger partial charge >= 0.3 is 0 Å². The van der Waals surface area contributed by atoms with Crippen LogP contribution in [-0.4, -0.2) is 18.1 Å². The van der Waals surface area contributed by atoms with E-state index in [1.165, 1.54) is 7.11 Å². The summed E-state index contributed by atoms with van der Waals surface area (Å²) in [6, 6.07) is 10.7. The Labute approximate surface area is 122 Å². The molecule has 2 aromatic rings. The largest absolute Gasteiger partial charge is 0.504 e. The minimum atomic E-state index is -0.499. The first-order chi connectivity index (χ1) is 10.1. The molecule has 1 atom stereocenters. The van der Waals surface area contributed by atoms with Crippen molar-refractivity contribution in [1.82, 2.24) is 5.32 Å². The topological polar surface area (TPSA) is 70.6 Å². The average Bonchev–Trinajstić information content (AvgIpc) is 2.48. The van der Waals surface area contributed by atoms with Gasteiger partial charge in [0.15, 0.2) is 11.5 Å². The molecule has 1 aliphatic rings. The number of phenolic OH excluding ortho intramolecular Hbond substituents is 1. The van der Waals surface area contributed by atoms with Crippen molar-refractivity contribution in [2.45, 2.75) is 13.1 Å². The fourth-order valence-electron chi connectivity index (χ4n) is 2.53. The van der Waals surface area contributed by atoms with E-state index in [9.17, 15) is 9.90 Å². The van der Waals surface area contributed by atoms with Gasteiger partial charge < -0.3 is 20.5 Å². The van der Waals surface area contributed by atoms with Crippen molar-refractivity contribution in [3.8, 4) is 11.5 Å². The van der Waals surface area contributed by atoms with Crippen LogP contribution in [0.5, 0.6) is 11.5 Å². The van der Waals surface area contributed by atoms with Gasteiger partial charge in [0.05, 0.1) is 18.4 Å². The third kappa shape index (κ3) is 2.16. The number of nitrogens with one attached hydrogen (secondary N) is 2. The van der Waals surface area contributed by atoms with Crippen molar-refractivity contribution in [2.75, 3.05) is 12.4 Å². The molecule has 0 fully saturated rings. The van der Waals surface area contributed by atoms with Gasteiger partial charge in [-0.2, -0.15) is 0 Å². The van der Waals surface area contributed by atoms with Crippen LogP contribution >= 0.6 is 0 Å². The lowest BCUT2D eigenvalue weighted by atomic mass is 10.0. The van der Waals surface area contributed by atoms with Crippen LogP contribution in [0.3, 0.4) is 0 Å². The molecule has 1 unspecified atom stereocenters. The Morgan fingerprint density at radius 1 is 1.14 bits per heavy atom. The van der Waals surface area contributed by atoms with Crippen molar-refractivity contribution >= 4 is 11.6 Å². The van der Waals surface area contributed by atoms with E-state index in [4.69, 9.17) is 4.74 Å². The van der Waals surface area contributed by atoms with E-state index < -0.39 is 6.17 Å².